The van der Waals surface area contributed by atoms with Crippen LogP contribution in [0.5, 0.6) is 23.0 Å². The van der Waals surface area contributed by atoms with E-state index in [-0.39, 0.29) is 5.91 Å². The molecule has 0 radical (unpaired) electrons. The number of hydrogen-bond acceptors (Lipinski definition) is 6. The lowest BCUT2D eigenvalue weighted by Crippen LogP contribution is -2.17. The van der Waals surface area contributed by atoms with Crippen LogP contribution < -0.4 is 24.4 Å². The van der Waals surface area contributed by atoms with Crippen molar-refractivity contribution in [1.82, 2.24) is 5.43 Å². The second kappa shape index (κ2) is 11.9. The van der Waals surface area contributed by atoms with Gasteiger partial charge in [0.15, 0.2) is 11.5 Å². The van der Waals surface area contributed by atoms with E-state index in [0.717, 1.165) is 16.9 Å². The molecule has 184 valence electrons. The molecule has 0 fully saturated rings. The van der Waals surface area contributed by atoms with Crippen molar-refractivity contribution in [2.75, 3.05) is 21.3 Å². The summed E-state index contributed by atoms with van der Waals surface area (Å²) in [7, 11) is 4.64. The number of methoxy groups -OCH3 is 3. The van der Waals surface area contributed by atoms with E-state index in [9.17, 15) is 4.79 Å². The maximum atomic E-state index is 12.5. The Morgan fingerprint density at radius 3 is 2.17 bits per heavy atom. The molecular formula is C28H32N2O5. The van der Waals surface area contributed by atoms with Crippen molar-refractivity contribution in [3.63, 3.8) is 0 Å². The molecule has 3 aromatic rings. The Morgan fingerprint density at radius 2 is 1.54 bits per heavy atom. The van der Waals surface area contributed by atoms with Crippen molar-refractivity contribution in [2.45, 2.75) is 33.3 Å². The molecule has 1 N–H and O–H groups in total. The van der Waals surface area contributed by atoms with Crippen LogP contribution in [0.2, 0.25) is 0 Å². The van der Waals surface area contributed by atoms with Gasteiger partial charge in [-0.25, -0.2) is 5.43 Å². The molecule has 1 amide bonds. The molecular weight excluding hydrogens is 444 g/mol. The first-order valence-electron chi connectivity index (χ1n) is 11.3. The van der Waals surface area contributed by atoms with E-state index >= 15 is 0 Å². The second-order valence-electron chi connectivity index (χ2n) is 8.33. The van der Waals surface area contributed by atoms with Crippen LogP contribution in [-0.2, 0) is 6.61 Å². The van der Waals surface area contributed by atoms with Crippen LogP contribution >= 0.6 is 0 Å². The molecule has 3 rings (SSSR count). The number of nitrogens with zero attached hydrogens (tertiary/aromatic N) is 1. The lowest BCUT2D eigenvalue weighted by molar-refractivity contribution is 0.0955. The second-order valence-corrected chi connectivity index (χ2v) is 8.33. The number of hydrogen-bond donors (Lipinski definition) is 1. The van der Waals surface area contributed by atoms with Gasteiger partial charge in [-0.2, -0.15) is 5.10 Å². The van der Waals surface area contributed by atoms with Crippen LogP contribution in [0.3, 0.4) is 0 Å². The molecule has 0 aromatic heterocycles. The fourth-order valence-electron chi connectivity index (χ4n) is 3.54. The summed E-state index contributed by atoms with van der Waals surface area (Å²) in [5, 5.41) is 4.06. The van der Waals surface area contributed by atoms with E-state index in [0.29, 0.717) is 40.9 Å². The lowest BCUT2D eigenvalue weighted by atomic mass is 10.0. The highest BCUT2D eigenvalue weighted by Crippen LogP contribution is 2.33. The first-order chi connectivity index (χ1) is 16.9. The predicted molar refractivity (Wildman–Crippen MR) is 137 cm³/mol. The number of carbonyl (C=O) groups excluding carboxylic acids is 1. The zero-order valence-electron chi connectivity index (χ0n) is 21.0. The molecule has 0 atom stereocenters. The van der Waals surface area contributed by atoms with Crippen LogP contribution in [-0.4, -0.2) is 33.5 Å². The highest BCUT2D eigenvalue weighted by molar-refractivity contribution is 5.95. The van der Waals surface area contributed by atoms with Gasteiger partial charge in [-0.3, -0.25) is 4.79 Å². The number of aryl methyl sites for hydroxylation is 1. The molecule has 0 aliphatic rings. The number of carbonyl (C=O) groups is 1. The van der Waals surface area contributed by atoms with Crippen molar-refractivity contribution in [3.05, 3.63) is 82.4 Å². The minimum absolute atomic E-state index is 0.325. The Kier molecular flexibility index (Phi) is 8.73. The number of hydrazone groups is 1. The van der Waals surface area contributed by atoms with Crippen LogP contribution in [0, 0.1) is 6.92 Å². The Morgan fingerprint density at radius 1 is 0.886 bits per heavy atom. The van der Waals surface area contributed by atoms with Crippen LogP contribution in [0.15, 0.2) is 59.7 Å². The first kappa shape index (κ1) is 25.6. The van der Waals surface area contributed by atoms with Crippen LogP contribution in [0.25, 0.3) is 0 Å². The van der Waals surface area contributed by atoms with E-state index in [1.807, 2.05) is 19.1 Å². The van der Waals surface area contributed by atoms with E-state index in [1.165, 1.54) is 11.8 Å². The summed E-state index contributed by atoms with van der Waals surface area (Å²) in [4.78, 5) is 12.5. The minimum atomic E-state index is -0.325. The molecule has 3 aromatic carbocycles. The first-order valence-corrected chi connectivity index (χ1v) is 11.3. The normalized spacial score (nSPS) is 10.9. The largest absolute Gasteiger partial charge is 0.496 e. The van der Waals surface area contributed by atoms with E-state index < -0.39 is 0 Å². The van der Waals surface area contributed by atoms with E-state index in [2.05, 4.69) is 42.6 Å². The standard InChI is InChI=1S/C28H32N2O5/c1-18(2)23-12-7-19(3)13-25(23)35-17-20-8-10-21(11-9-20)28(31)30-29-16-22-14-26(33-5)27(34-6)15-24(22)32-4/h7-16,18H,17H2,1-6H3,(H,30,31). The number of benzene rings is 3. The molecule has 7 heteroatoms. The summed E-state index contributed by atoms with van der Waals surface area (Å²) in [6, 6.07) is 16.9. The van der Waals surface area contributed by atoms with Crippen molar-refractivity contribution >= 4 is 12.1 Å². The van der Waals surface area contributed by atoms with Gasteiger partial charge in [0.2, 0.25) is 0 Å². The Labute approximate surface area is 206 Å². The van der Waals surface area contributed by atoms with Crippen LogP contribution in [0.4, 0.5) is 0 Å². The Bertz CT molecular complexity index is 1190. The molecule has 0 saturated carbocycles. The van der Waals surface area contributed by atoms with E-state index in [4.69, 9.17) is 18.9 Å². The average molecular weight is 477 g/mol. The predicted octanol–water partition coefficient (Wildman–Crippen LogP) is 5.49. The number of amides is 1. The molecule has 0 heterocycles. The summed E-state index contributed by atoms with van der Waals surface area (Å²) < 4.78 is 22.1. The van der Waals surface area contributed by atoms with Gasteiger partial charge in [0, 0.05) is 17.2 Å². The SMILES string of the molecule is COc1cc(OC)c(OC)cc1C=NNC(=O)c1ccc(COc2cc(C)ccc2C(C)C)cc1. The third-order valence-electron chi connectivity index (χ3n) is 5.51. The number of rotatable bonds is 10. The molecule has 0 bridgehead atoms. The highest BCUT2D eigenvalue weighted by Gasteiger charge is 2.12. The third kappa shape index (κ3) is 6.53. The van der Waals surface area contributed by atoms with Gasteiger partial charge in [-0.15, -0.1) is 0 Å². The molecule has 7 nitrogen and oxygen atoms in total. The molecule has 0 saturated heterocycles. The van der Waals surface area contributed by atoms with Gasteiger partial charge in [0.05, 0.1) is 27.5 Å². The number of nitrogens with one attached hydrogen (secondary N) is 1. The maximum Gasteiger partial charge on any atom is 0.271 e. The fourth-order valence-corrected chi connectivity index (χ4v) is 3.54. The summed E-state index contributed by atoms with van der Waals surface area (Å²) in [6.07, 6.45) is 1.50. The molecule has 35 heavy (non-hydrogen) atoms. The van der Waals surface area contributed by atoms with Crippen molar-refractivity contribution in [1.29, 1.82) is 0 Å². The van der Waals surface area contributed by atoms with Gasteiger partial charge in [-0.1, -0.05) is 38.1 Å². The molecule has 0 aliphatic carbocycles. The van der Waals surface area contributed by atoms with Crippen LogP contribution in [0.1, 0.15) is 52.4 Å². The fraction of sp³-hybridized carbons (Fsp3) is 0.286. The smallest absolute Gasteiger partial charge is 0.271 e. The van der Waals surface area contributed by atoms with Gasteiger partial charge < -0.3 is 18.9 Å². The van der Waals surface area contributed by atoms with Crippen molar-refractivity contribution in [2.24, 2.45) is 5.10 Å². The third-order valence-corrected chi connectivity index (χ3v) is 5.51. The topological polar surface area (TPSA) is 78.4 Å². The van der Waals surface area contributed by atoms with Crippen molar-refractivity contribution in [3.8, 4) is 23.0 Å². The lowest BCUT2D eigenvalue weighted by Gasteiger charge is -2.15. The summed E-state index contributed by atoms with van der Waals surface area (Å²) >= 11 is 0. The summed E-state index contributed by atoms with van der Waals surface area (Å²) in [5.74, 6) is 2.55. The Hall–Kier alpha value is -4.00. The zero-order valence-corrected chi connectivity index (χ0v) is 21.0. The summed E-state index contributed by atoms with van der Waals surface area (Å²) in [5.41, 5.74) is 6.96. The molecule has 0 spiro atoms. The van der Waals surface area contributed by atoms with Crippen molar-refractivity contribution < 1.29 is 23.7 Å². The highest BCUT2D eigenvalue weighted by atomic mass is 16.5. The average Bonchev–Trinajstić information content (AvgIpc) is 2.87. The number of ether oxygens (including phenoxy) is 4. The summed E-state index contributed by atoms with van der Waals surface area (Å²) in [6.45, 7) is 6.76. The maximum absolute atomic E-state index is 12.5. The van der Waals surface area contributed by atoms with Gasteiger partial charge in [0.25, 0.3) is 5.91 Å². The molecule has 0 aliphatic heterocycles. The van der Waals surface area contributed by atoms with Gasteiger partial charge in [0.1, 0.15) is 18.1 Å². The zero-order chi connectivity index (χ0) is 25.4. The minimum Gasteiger partial charge on any atom is -0.496 e. The van der Waals surface area contributed by atoms with E-state index in [1.54, 1.807) is 45.6 Å². The Balaban J connectivity index is 1.63. The quantitative estimate of drug-likeness (QED) is 0.309. The van der Waals surface area contributed by atoms with Gasteiger partial charge in [-0.05, 0) is 53.8 Å². The monoisotopic (exact) mass is 476 g/mol. The molecule has 0 unspecified atom stereocenters. The van der Waals surface area contributed by atoms with Gasteiger partial charge >= 0.3 is 0 Å².